The van der Waals surface area contributed by atoms with Gasteiger partial charge in [0.05, 0.1) is 18.0 Å². The van der Waals surface area contributed by atoms with E-state index >= 15 is 0 Å². The Balaban J connectivity index is 1.77. The normalized spacial score (nSPS) is 15.2. The molecule has 1 aliphatic rings. The van der Waals surface area contributed by atoms with E-state index in [2.05, 4.69) is 0 Å². The predicted molar refractivity (Wildman–Crippen MR) is 75.1 cm³/mol. The molecule has 0 unspecified atom stereocenters. The average molecular weight is 289 g/mol. The van der Waals surface area contributed by atoms with Crippen LogP contribution in [-0.2, 0) is 27.5 Å². The lowest BCUT2D eigenvalue weighted by Crippen LogP contribution is -2.22. The molecule has 0 radical (unpaired) electrons. The number of hydrogen-bond donors (Lipinski definition) is 0. The highest BCUT2D eigenvalue weighted by Crippen LogP contribution is 2.25. The Morgan fingerprint density at radius 1 is 0.950 bits per heavy atom. The van der Waals surface area contributed by atoms with Gasteiger partial charge >= 0.3 is 10.1 Å². The Morgan fingerprint density at radius 3 is 2.05 bits per heavy atom. The average Bonchev–Trinajstić information content (AvgIpc) is 2.80. The summed E-state index contributed by atoms with van der Waals surface area (Å²) in [5.41, 5.74) is 3.22. The first kappa shape index (κ1) is 13.3. The van der Waals surface area contributed by atoms with Crippen LogP contribution >= 0.6 is 0 Å². The molecular formula is C15H15NO3S. The van der Waals surface area contributed by atoms with Crippen LogP contribution in [0.15, 0.2) is 53.4 Å². The smallest absolute Gasteiger partial charge is 0.192 e. The lowest BCUT2D eigenvalue weighted by Gasteiger charge is -2.14. The van der Waals surface area contributed by atoms with Crippen molar-refractivity contribution in [3.05, 3.63) is 65.2 Å². The molecule has 4 nitrogen and oxygen atoms in total. The topological polar surface area (TPSA) is 46.6 Å². The Bertz CT molecular complexity index is 698. The van der Waals surface area contributed by atoms with Crippen molar-refractivity contribution in [2.45, 2.75) is 24.9 Å². The molecule has 0 spiro atoms. The van der Waals surface area contributed by atoms with Crippen molar-refractivity contribution < 1.29 is 12.7 Å². The van der Waals surface area contributed by atoms with E-state index in [0.717, 1.165) is 16.7 Å². The summed E-state index contributed by atoms with van der Waals surface area (Å²) < 4.78 is 29.6. The third-order valence-electron chi connectivity index (χ3n) is 3.32. The molecule has 0 N–H and O–H groups in total. The fourth-order valence-electron chi connectivity index (χ4n) is 2.24. The van der Waals surface area contributed by atoms with Gasteiger partial charge in [-0.25, -0.2) is 0 Å². The van der Waals surface area contributed by atoms with Crippen LogP contribution in [0.5, 0.6) is 0 Å². The zero-order valence-electron chi connectivity index (χ0n) is 11.1. The molecule has 104 valence electrons. The van der Waals surface area contributed by atoms with Crippen LogP contribution < -0.4 is 0 Å². The summed E-state index contributed by atoms with van der Waals surface area (Å²) in [6, 6.07) is 14.5. The lowest BCUT2D eigenvalue weighted by atomic mass is 10.1. The maximum absolute atomic E-state index is 12.2. The molecule has 1 aliphatic heterocycles. The standard InChI is InChI=1S/C15H15NO3S/c1-12-6-8-15(9-7-12)20(17,18)19-16-10-13-4-2-3-5-14(13)11-16/h2-9H,10-11H2,1H3. The van der Waals surface area contributed by atoms with E-state index in [1.54, 1.807) is 24.3 Å². The summed E-state index contributed by atoms with van der Waals surface area (Å²) in [6.07, 6.45) is 0. The van der Waals surface area contributed by atoms with E-state index in [4.69, 9.17) is 4.28 Å². The largest absolute Gasteiger partial charge is 0.313 e. The van der Waals surface area contributed by atoms with Crippen LogP contribution in [0.2, 0.25) is 0 Å². The monoisotopic (exact) mass is 289 g/mol. The van der Waals surface area contributed by atoms with Crippen LogP contribution in [0.4, 0.5) is 0 Å². The Morgan fingerprint density at radius 2 is 1.50 bits per heavy atom. The minimum atomic E-state index is -3.75. The summed E-state index contributed by atoms with van der Waals surface area (Å²) in [7, 11) is -3.75. The summed E-state index contributed by atoms with van der Waals surface area (Å²) in [4.78, 5) is 0.180. The molecule has 20 heavy (non-hydrogen) atoms. The molecule has 0 saturated carbocycles. The highest BCUT2D eigenvalue weighted by atomic mass is 32.2. The highest BCUT2D eigenvalue weighted by molar-refractivity contribution is 7.86. The second-order valence-corrected chi connectivity index (χ2v) is 6.44. The number of rotatable bonds is 3. The number of benzene rings is 2. The zero-order chi connectivity index (χ0) is 14.2. The molecule has 0 aromatic heterocycles. The molecule has 2 aromatic carbocycles. The lowest BCUT2D eigenvalue weighted by molar-refractivity contribution is -0.0571. The van der Waals surface area contributed by atoms with Gasteiger partial charge in [-0.3, -0.25) is 0 Å². The van der Waals surface area contributed by atoms with Crippen LogP contribution in [-0.4, -0.2) is 13.5 Å². The van der Waals surface area contributed by atoms with Crippen molar-refractivity contribution in [3.63, 3.8) is 0 Å². The molecule has 5 heteroatoms. The third-order valence-corrected chi connectivity index (χ3v) is 4.58. The van der Waals surface area contributed by atoms with Gasteiger partial charge < -0.3 is 0 Å². The van der Waals surface area contributed by atoms with Crippen molar-refractivity contribution in [2.75, 3.05) is 0 Å². The quantitative estimate of drug-likeness (QED) is 0.871. The minimum Gasteiger partial charge on any atom is -0.192 e. The molecule has 1 heterocycles. The van der Waals surface area contributed by atoms with Gasteiger partial charge in [0.1, 0.15) is 0 Å². The van der Waals surface area contributed by atoms with Crippen molar-refractivity contribution in [1.82, 2.24) is 5.06 Å². The molecule has 3 rings (SSSR count). The molecule has 0 bridgehead atoms. The van der Waals surface area contributed by atoms with E-state index in [0.29, 0.717) is 13.1 Å². The van der Waals surface area contributed by atoms with Crippen LogP contribution in [0.3, 0.4) is 0 Å². The van der Waals surface area contributed by atoms with Gasteiger partial charge in [-0.05, 0) is 30.2 Å². The Kier molecular flexibility index (Phi) is 3.33. The van der Waals surface area contributed by atoms with Gasteiger partial charge in [-0.2, -0.15) is 17.8 Å². The molecular weight excluding hydrogens is 274 g/mol. The summed E-state index contributed by atoms with van der Waals surface area (Å²) in [5.74, 6) is 0. The van der Waals surface area contributed by atoms with Crippen molar-refractivity contribution in [1.29, 1.82) is 0 Å². The van der Waals surface area contributed by atoms with E-state index in [1.165, 1.54) is 5.06 Å². The van der Waals surface area contributed by atoms with Gasteiger partial charge in [-0.15, -0.1) is 0 Å². The fraction of sp³-hybridized carbons (Fsp3) is 0.200. The zero-order valence-corrected chi connectivity index (χ0v) is 11.9. The van der Waals surface area contributed by atoms with Gasteiger partial charge in [0.25, 0.3) is 0 Å². The second kappa shape index (κ2) is 5.01. The van der Waals surface area contributed by atoms with Gasteiger partial charge in [-0.1, -0.05) is 42.0 Å². The Hall–Kier alpha value is -1.69. The van der Waals surface area contributed by atoms with Gasteiger partial charge in [0, 0.05) is 0 Å². The predicted octanol–water partition coefficient (Wildman–Crippen LogP) is 2.63. The summed E-state index contributed by atoms with van der Waals surface area (Å²) in [5, 5.41) is 1.47. The van der Waals surface area contributed by atoms with Crippen molar-refractivity contribution in [3.8, 4) is 0 Å². The number of aryl methyl sites for hydroxylation is 1. The van der Waals surface area contributed by atoms with E-state index in [-0.39, 0.29) is 4.90 Å². The van der Waals surface area contributed by atoms with Crippen LogP contribution in [0, 0.1) is 6.92 Å². The molecule has 0 fully saturated rings. The number of nitrogens with zero attached hydrogens (tertiary/aromatic N) is 1. The summed E-state index contributed by atoms with van der Waals surface area (Å²) in [6.45, 7) is 2.89. The van der Waals surface area contributed by atoms with E-state index in [1.807, 2.05) is 31.2 Å². The van der Waals surface area contributed by atoms with Crippen LogP contribution in [0.1, 0.15) is 16.7 Å². The molecule has 0 atom stereocenters. The molecule has 2 aromatic rings. The van der Waals surface area contributed by atoms with Gasteiger partial charge in [0.2, 0.25) is 0 Å². The first-order chi connectivity index (χ1) is 9.54. The first-order valence-corrected chi connectivity index (χ1v) is 7.78. The van der Waals surface area contributed by atoms with Crippen molar-refractivity contribution in [2.24, 2.45) is 0 Å². The number of hydroxylamine groups is 2. The maximum Gasteiger partial charge on any atom is 0.313 e. The van der Waals surface area contributed by atoms with E-state index in [9.17, 15) is 8.42 Å². The Labute approximate surface area is 118 Å². The maximum atomic E-state index is 12.2. The van der Waals surface area contributed by atoms with E-state index < -0.39 is 10.1 Å². The molecule has 0 aliphatic carbocycles. The highest BCUT2D eigenvalue weighted by Gasteiger charge is 2.25. The third kappa shape index (κ3) is 2.60. The molecule has 0 saturated heterocycles. The SMILES string of the molecule is Cc1ccc(S(=O)(=O)ON2Cc3ccccc3C2)cc1. The fourth-order valence-corrected chi connectivity index (χ4v) is 3.18. The minimum absolute atomic E-state index is 0.180. The number of fused-ring (bicyclic) bond motifs is 1. The first-order valence-electron chi connectivity index (χ1n) is 6.37. The van der Waals surface area contributed by atoms with Crippen LogP contribution in [0.25, 0.3) is 0 Å². The van der Waals surface area contributed by atoms with Crippen molar-refractivity contribution >= 4 is 10.1 Å². The number of hydrogen-bond acceptors (Lipinski definition) is 4. The molecule has 0 amide bonds. The van der Waals surface area contributed by atoms with Gasteiger partial charge in [0.15, 0.2) is 0 Å². The second-order valence-electron chi connectivity index (χ2n) is 4.91. The summed E-state index contributed by atoms with van der Waals surface area (Å²) >= 11 is 0.